The van der Waals surface area contributed by atoms with Gasteiger partial charge in [-0.05, 0) is 19.4 Å². The molecule has 0 saturated heterocycles. The van der Waals surface area contributed by atoms with E-state index in [1.165, 1.54) is 38.2 Å². The Labute approximate surface area is 116 Å². The minimum atomic E-state index is -0.974. The Bertz CT molecular complexity index is 366. The monoisotopic (exact) mass is 267 g/mol. The summed E-state index contributed by atoms with van der Waals surface area (Å²) in [5.74, 6) is -0.391. The van der Waals surface area contributed by atoms with Crippen molar-refractivity contribution in [1.29, 1.82) is 0 Å². The first-order valence-corrected chi connectivity index (χ1v) is 7.39. The lowest BCUT2D eigenvalue weighted by molar-refractivity contribution is 0.0441. The summed E-state index contributed by atoms with van der Waals surface area (Å²) in [5.41, 5.74) is -0.406. The summed E-state index contributed by atoms with van der Waals surface area (Å²) in [6.45, 7) is 3.95. The summed E-state index contributed by atoms with van der Waals surface area (Å²) in [4.78, 5) is 3.79. The SMILES string of the molecule is CCCCCCCCCC(C)(O)c1cncc(F)c1. The number of unbranched alkanes of at least 4 members (excludes halogenated alkanes) is 6. The molecule has 2 nitrogen and oxygen atoms in total. The molecule has 0 bridgehead atoms. The lowest BCUT2D eigenvalue weighted by Gasteiger charge is -2.23. The second-order valence-corrected chi connectivity index (χ2v) is 5.54. The molecular formula is C16H26FNO. The third kappa shape index (κ3) is 6.15. The Balaban J connectivity index is 2.27. The Morgan fingerprint density at radius 1 is 1.11 bits per heavy atom. The first-order valence-electron chi connectivity index (χ1n) is 7.39. The van der Waals surface area contributed by atoms with Gasteiger partial charge >= 0.3 is 0 Å². The Morgan fingerprint density at radius 2 is 1.74 bits per heavy atom. The molecule has 1 aromatic heterocycles. The van der Waals surface area contributed by atoms with Crippen molar-refractivity contribution in [3.8, 4) is 0 Å². The van der Waals surface area contributed by atoms with Gasteiger partial charge in [0.25, 0.3) is 0 Å². The molecule has 1 N–H and O–H groups in total. The highest BCUT2D eigenvalue weighted by Gasteiger charge is 2.23. The van der Waals surface area contributed by atoms with Crippen molar-refractivity contribution in [2.75, 3.05) is 0 Å². The summed E-state index contributed by atoms with van der Waals surface area (Å²) in [7, 11) is 0. The number of pyridine rings is 1. The third-order valence-electron chi connectivity index (χ3n) is 3.59. The van der Waals surface area contributed by atoms with Gasteiger partial charge in [-0.25, -0.2) is 4.39 Å². The Hall–Kier alpha value is -0.960. The van der Waals surface area contributed by atoms with Crippen LogP contribution in [0.25, 0.3) is 0 Å². The zero-order chi connectivity index (χ0) is 14.1. The highest BCUT2D eigenvalue weighted by Crippen LogP contribution is 2.26. The molecule has 0 amide bonds. The lowest BCUT2D eigenvalue weighted by Crippen LogP contribution is -2.21. The molecule has 1 atom stereocenters. The van der Waals surface area contributed by atoms with E-state index < -0.39 is 11.4 Å². The quantitative estimate of drug-likeness (QED) is 0.665. The van der Waals surface area contributed by atoms with E-state index >= 15 is 0 Å². The number of hydrogen-bond donors (Lipinski definition) is 1. The molecule has 3 heteroatoms. The molecule has 0 radical (unpaired) electrons. The van der Waals surface area contributed by atoms with Gasteiger partial charge in [-0.2, -0.15) is 0 Å². The smallest absolute Gasteiger partial charge is 0.141 e. The van der Waals surface area contributed by atoms with Crippen molar-refractivity contribution in [3.63, 3.8) is 0 Å². The second kappa shape index (κ2) is 8.26. The predicted molar refractivity (Wildman–Crippen MR) is 76.4 cm³/mol. The summed E-state index contributed by atoms with van der Waals surface area (Å²) >= 11 is 0. The van der Waals surface area contributed by atoms with Crippen LogP contribution >= 0.6 is 0 Å². The maximum Gasteiger partial charge on any atom is 0.141 e. The van der Waals surface area contributed by atoms with Crippen molar-refractivity contribution in [1.82, 2.24) is 4.98 Å². The molecule has 0 aliphatic heterocycles. The first kappa shape index (κ1) is 16.1. The predicted octanol–water partition coefficient (Wildman–Crippen LogP) is 4.57. The van der Waals surface area contributed by atoms with Crippen LogP contribution in [0, 0.1) is 5.82 Å². The van der Waals surface area contributed by atoms with Gasteiger partial charge in [-0.15, -0.1) is 0 Å². The molecule has 0 aromatic carbocycles. The number of hydrogen-bond acceptors (Lipinski definition) is 2. The third-order valence-corrected chi connectivity index (χ3v) is 3.59. The number of aromatic nitrogens is 1. The van der Waals surface area contributed by atoms with Crippen LogP contribution in [0.4, 0.5) is 4.39 Å². The Kier molecular flexibility index (Phi) is 7.00. The topological polar surface area (TPSA) is 33.1 Å². The van der Waals surface area contributed by atoms with Crippen LogP contribution in [0.15, 0.2) is 18.5 Å². The van der Waals surface area contributed by atoms with Crippen LogP contribution in [-0.2, 0) is 5.60 Å². The largest absolute Gasteiger partial charge is 0.385 e. The summed E-state index contributed by atoms with van der Waals surface area (Å²) in [5, 5.41) is 10.3. The average molecular weight is 267 g/mol. The zero-order valence-corrected chi connectivity index (χ0v) is 12.2. The van der Waals surface area contributed by atoms with Gasteiger partial charge in [-0.1, -0.05) is 51.9 Å². The van der Waals surface area contributed by atoms with E-state index in [4.69, 9.17) is 0 Å². The second-order valence-electron chi connectivity index (χ2n) is 5.54. The van der Waals surface area contributed by atoms with E-state index in [0.717, 1.165) is 19.0 Å². The molecule has 0 fully saturated rings. The number of nitrogens with zero attached hydrogens (tertiary/aromatic N) is 1. The fraction of sp³-hybridized carbons (Fsp3) is 0.688. The number of rotatable bonds is 9. The molecule has 0 spiro atoms. The number of halogens is 1. The molecule has 108 valence electrons. The highest BCUT2D eigenvalue weighted by molar-refractivity contribution is 5.17. The standard InChI is InChI=1S/C16H26FNO/c1-3-4-5-6-7-8-9-10-16(2,19)14-11-15(17)13-18-12-14/h11-13,19H,3-10H2,1-2H3. The van der Waals surface area contributed by atoms with Crippen molar-refractivity contribution in [2.24, 2.45) is 0 Å². The fourth-order valence-corrected chi connectivity index (χ4v) is 2.28. The van der Waals surface area contributed by atoms with Gasteiger partial charge in [0, 0.05) is 11.8 Å². The first-order chi connectivity index (χ1) is 9.06. The van der Waals surface area contributed by atoms with E-state index in [0.29, 0.717) is 12.0 Å². The average Bonchev–Trinajstić information content (AvgIpc) is 2.38. The summed E-state index contributed by atoms with van der Waals surface area (Å²) in [6, 6.07) is 1.37. The molecule has 1 rings (SSSR count). The van der Waals surface area contributed by atoms with Crippen LogP contribution in [0.2, 0.25) is 0 Å². The van der Waals surface area contributed by atoms with E-state index in [1.807, 2.05) is 0 Å². The normalized spacial score (nSPS) is 14.3. The van der Waals surface area contributed by atoms with Crippen molar-refractivity contribution < 1.29 is 9.50 Å². The molecule has 1 aromatic rings. The summed E-state index contributed by atoms with van der Waals surface area (Å²) < 4.78 is 13.1. The highest BCUT2D eigenvalue weighted by atomic mass is 19.1. The van der Waals surface area contributed by atoms with Crippen molar-refractivity contribution >= 4 is 0 Å². The molecule has 19 heavy (non-hydrogen) atoms. The zero-order valence-electron chi connectivity index (χ0n) is 12.2. The maximum atomic E-state index is 13.1. The van der Waals surface area contributed by atoms with E-state index in [2.05, 4.69) is 11.9 Å². The van der Waals surface area contributed by atoms with E-state index in [9.17, 15) is 9.50 Å². The molecule has 0 aliphatic carbocycles. The minimum Gasteiger partial charge on any atom is -0.385 e. The van der Waals surface area contributed by atoms with Crippen LogP contribution in [-0.4, -0.2) is 10.1 Å². The molecule has 0 aliphatic rings. The van der Waals surface area contributed by atoms with Crippen LogP contribution in [0.3, 0.4) is 0 Å². The molecular weight excluding hydrogens is 241 g/mol. The number of aliphatic hydroxyl groups is 1. The van der Waals surface area contributed by atoms with E-state index in [-0.39, 0.29) is 0 Å². The maximum absolute atomic E-state index is 13.1. The Morgan fingerprint density at radius 3 is 2.37 bits per heavy atom. The van der Waals surface area contributed by atoms with Crippen molar-refractivity contribution in [3.05, 3.63) is 29.8 Å². The van der Waals surface area contributed by atoms with Gasteiger partial charge in [0.2, 0.25) is 0 Å². The lowest BCUT2D eigenvalue weighted by atomic mass is 9.91. The van der Waals surface area contributed by atoms with Crippen LogP contribution < -0.4 is 0 Å². The molecule has 0 saturated carbocycles. The minimum absolute atomic E-state index is 0.391. The van der Waals surface area contributed by atoms with Crippen LogP contribution in [0.1, 0.15) is 70.8 Å². The van der Waals surface area contributed by atoms with Gasteiger partial charge in [0.1, 0.15) is 5.82 Å². The van der Waals surface area contributed by atoms with Crippen molar-refractivity contribution in [2.45, 2.75) is 70.8 Å². The fourth-order valence-electron chi connectivity index (χ4n) is 2.28. The molecule has 1 unspecified atom stereocenters. The van der Waals surface area contributed by atoms with Crippen LogP contribution in [0.5, 0.6) is 0 Å². The van der Waals surface area contributed by atoms with Gasteiger partial charge in [0.15, 0.2) is 0 Å². The molecule has 1 heterocycles. The van der Waals surface area contributed by atoms with Gasteiger partial charge in [0.05, 0.1) is 11.8 Å². The van der Waals surface area contributed by atoms with E-state index in [1.54, 1.807) is 13.1 Å². The van der Waals surface area contributed by atoms with Gasteiger partial charge in [-0.3, -0.25) is 4.98 Å². The summed E-state index contributed by atoms with van der Waals surface area (Å²) in [6.07, 6.45) is 11.8. The van der Waals surface area contributed by atoms with Gasteiger partial charge < -0.3 is 5.11 Å².